The fourth-order valence-corrected chi connectivity index (χ4v) is 2.94. The Morgan fingerprint density at radius 2 is 2.07 bits per heavy atom. The molecule has 2 heterocycles. The Morgan fingerprint density at radius 3 is 2.75 bits per heavy atom. The van der Waals surface area contributed by atoms with E-state index < -0.39 is 0 Å². The van der Waals surface area contributed by atoms with E-state index >= 15 is 0 Å². The van der Waals surface area contributed by atoms with E-state index in [0.29, 0.717) is 23.7 Å². The molecule has 0 radical (unpaired) electrons. The molecule has 0 saturated heterocycles. The summed E-state index contributed by atoms with van der Waals surface area (Å²) in [5, 5.41) is 9.66. The first kappa shape index (κ1) is 19.6. The van der Waals surface area contributed by atoms with Crippen molar-refractivity contribution >= 4 is 23.1 Å². The molecule has 1 aromatic carbocycles. The lowest BCUT2D eigenvalue weighted by molar-refractivity contribution is 0.415. The SMILES string of the molecule is C=C1c2cccc(OC)c2N=C(N)N1/N=C(\C)CNC(C)(C)c1ccccn1. The number of aromatic nitrogens is 1. The van der Waals surface area contributed by atoms with Crippen molar-refractivity contribution in [3.63, 3.8) is 0 Å². The van der Waals surface area contributed by atoms with E-state index in [1.807, 2.05) is 43.3 Å². The molecule has 1 aliphatic rings. The molecule has 2 aromatic rings. The second-order valence-corrected chi connectivity index (χ2v) is 7.11. The number of fused-ring (bicyclic) bond motifs is 1. The highest BCUT2D eigenvalue weighted by atomic mass is 16.5. The quantitative estimate of drug-likeness (QED) is 0.754. The summed E-state index contributed by atoms with van der Waals surface area (Å²) in [5.41, 5.74) is 9.83. The third kappa shape index (κ3) is 3.89. The van der Waals surface area contributed by atoms with Crippen LogP contribution in [0.1, 0.15) is 32.0 Å². The number of rotatable bonds is 6. The maximum absolute atomic E-state index is 6.15. The smallest absolute Gasteiger partial charge is 0.222 e. The molecule has 7 heteroatoms. The lowest BCUT2D eigenvalue weighted by Crippen LogP contribution is -2.41. The van der Waals surface area contributed by atoms with Gasteiger partial charge in [0.25, 0.3) is 0 Å². The van der Waals surface area contributed by atoms with Crippen molar-refractivity contribution in [2.45, 2.75) is 26.3 Å². The van der Waals surface area contributed by atoms with Crippen molar-refractivity contribution in [3.05, 3.63) is 60.4 Å². The fraction of sp³-hybridized carbons (Fsp3) is 0.286. The third-order valence-electron chi connectivity index (χ3n) is 4.59. The normalized spacial score (nSPS) is 14.6. The summed E-state index contributed by atoms with van der Waals surface area (Å²) in [7, 11) is 1.60. The van der Waals surface area contributed by atoms with E-state index in [1.165, 1.54) is 0 Å². The molecular formula is C21H26N6O. The molecule has 1 aliphatic heterocycles. The summed E-state index contributed by atoms with van der Waals surface area (Å²) in [5.74, 6) is 0.908. The van der Waals surface area contributed by atoms with E-state index in [1.54, 1.807) is 18.3 Å². The Hall–Kier alpha value is -3.19. The Morgan fingerprint density at radius 1 is 1.29 bits per heavy atom. The lowest BCUT2D eigenvalue weighted by atomic mass is 10.00. The van der Waals surface area contributed by atoms with Gasteiger partial charge in [-0.05, 0) is 39.0 Å². The van der Waals surface area contributed by atoms with Gasteiger partial charge in [0.15, 0.2) is 0 Å². The van der Waals surface area contributed by atoms with Crippen molar-refractivity contribution in [3.8, 4) is 5.75 Å². The second-order valence-electron chi connectivity index (χ2n) is 7.11. The zero-order chi connectivity index (χ0) is 20.3. The summed E-state index contributed by atoms with van der Waals surface area (Å²) in [4.78, 5) is 8.89. The minimum Gasteiger partial charge on any atom is -0.494 e. The maximum Gasteiger partial charge on any atom is 0.222 e. The van der Waals surface area contributed by atoms with Gasteiger partial charge in [-0.25, -0.2) is 10.0 Å². The molecular weight excluding hydrogens is 352 g/mol. The number of nitrogens with two attached hydrogens (primary N) is 1. The lowest BCUT2D eigenvalue weighted by Gasteiger charge is -2.28. The van der Waals surface area contributed by atoms with Crippen LogP contribution >= 0.6 is 0 Å². The first-order valence-electron chi connectivity index (χ1n) is 9.04. The first-order chi connectivity index (χ1) is 13.3. The molecule has 0 bridgehead atoms. The van der Waals surface area contributed by atoms with Gasteiger partial charge in [0.1, 0.15) is 11.4 Å². The summed E-state index contributed by atoms with van der Waals surface area (Å²) in [6.45, 7) is 10.8. The number of nitrogens with zero attached hydrogens (tertiary/aromatic N) is 4. The van der Waals surface area contributed by atoms with Gasteiger partial charge >= 0.3 is 0 Å². The molecule has 7 nitrogen and oxygen atoms in total. The van der Waals surface area contributed by atoms with E-state index in [2.05, 4.69) is 40.8 Å². The second kappa shape index (κ2) is 7.82. The number of hydrogen-bond acceptors (Lipinski definition) is 7. The summed E-state index contributed by atoms with van der Waals surface area (Å²) < 4.78 is 5.37. The van der Waals surface area contributed by atoms with E-state index in [0.717, 1.165) is 17.0 Å². The number of benzene rings is 1. The Kier molecular flexibility index (Phi) is 5.46. The largest absolute Gasteiger partial charge is 0.494 e. The van der Waals surface area contributed by atoms with E-state index in [-0.39, 0.29) is 11.5 Å². The van der Waals surface area contributed by atoms with Crippen LogP contribution in [0, 0.1) is 0 Å². The van der Waals surface area contributed by atoms with Crippen LogP contribution in [0.4, 0.5) is 5.69 Å². The van der Waals surface area contributed by atoms with Gasteiger partial charge in [-0.1, -0.05) is 24.8 Å². The van der Waals surface area contributed by atoms with E-state index in [4.69, 9.17) is 10.5 Å². The fourth-order valence-electron chi connectivity index (χ4n) is 2.94. The van der Waals surface area contributed by atoms with Crippen LogP contribution in [-0.2, 0) is 5.54 Å². The number of aliphatic imine (C=N–C) groups is 1. The van der Waals surface area contributed by atoms with Crippen molar-refractivity contribution in [1.82, 2.24) is 15.3 Å². The van der Waals surface area contributed by atoms with Crippen LogP contribution in [0.3, 0.4) is 0 Å². The van der Waals surface area contributed by atoms with Gasteiger partial charge in [0, 0.05) is 24.0 Å². The number of ether oxygens (including phenoxy) is 1. The summed E-state index contributed by atoms with van der Waals surface area (Å²) in [6.07, 6.45) is 1.79. The molecule has 0 spiro atoms. The number of nitrogens with one attached hydrogen (secondary N) is 1. The van der Waals surface area contributed by atoms with Gasteiger partial charge in [-0.3, -0.25) is 4.98 Å². The predicted octanol–water partition coefficient (Wildman–Crippen LogP) is 3.22. The van der Waals surface area contributed by atoms with E-state index in [9.17, 15) is 0 Å². The van der Waals surface area contributed by atoms with Crippen LogP contribution in [0.15, 0.2) is 59.3 Å². The number of guanidine groups is 1. The van der Waals surface area contributed by atoms with Crippen LogP contribution in [0.25, 0.3) is 5.70 Å². The van der Waals surface area contributed by atoms with Gasteiger partial charge in [-0.2, -0.15) is 5.10 Å². The summed E-state index contributed by atoms with van der Waals surface area (Å²) in [6, 6.07) is 11.6. The maximum atomic E-state index is 6.15. The molecule has 1 aromatic heterocycles. The molecule has 0 aliphatic carbocycles. The van der Waals surface area contributed by atoms with Crippen LogP contribution < -0.4 is 15.8 Å². The van der Waals surface area contributed by atoms with Gasteiger partial charge in [0.2, 0.25) is 5.96 Å². The monoisotopic (exact) mass is 378 g/mol. The van der Waals surface area contributed by atoms with Crippen molar-refractivity contribution in [2.75, 3.05) is 13.7 Å². The van der Waals surface area contributed by atoms with Crippen molar-refractivity contribution < 1.29 is 4.74 Å². The highest BCUT2D eigenvalue weighted by molar-refractivity contribution is 5.98. The molecule has 0 saturated carbocycles. The van der Waals surface area contributed by atoms with Gasteiger partial charge in [-0.15, -0.1) is 0 Å². The standard InChI is InChI=1S/C21H26N6O/c1-14(13-24-21(3,4)18-11-6-7-12-23-18)26-27-15(2)16-9-8-10-17(28-5)19(16)25-20(27)22/h6-12,24H,2,13H2,1,3-5H3,(H2,22,25)/b26-14+. The topological polar surface area (TPSA) is 88.1 Å². The van der Waals surface area contributed by atoms with Crippen molar-refractivity contribution in [2.24, 2.45) is 15.8 Å². The Balaban J connectivity index is 1.77. The Bertz CT molecular complexity index is 933. The number of hydrazone groups is 1. The minimum absolute atomic E-state index is 0.255. The average molecular weight is 378 g/mol. The van der Waals surface area contributed by atoms with Gasteiger partial charge < -0.3 is 15.8 Å². The molecule has 0 unspecified atom stereocenters. The molecule has 0 atom stereocenters. The van der Waals surface area contributed by atoms with Gasteiger partial charge in [0.05, 0.1) is 24.0 Å². The third-order valence-corrected chi connectivity index (χ3v) is 4.59. The molecule has 3 N–H and O–H groups in total. The Labute approximate surface area is 165 Å². The zero-order valence-electron chi connectivity index (χ0n) is 16.7. The number of hydrogen-bond donors (Lipinski definition) is 2. The summed E-state index contributed by atoms with van der Waals surface area (Å²) >= 11 is 0. The molecule has 0 amide bonds. The molecule has 146 valence electrons. The predicted molar refractivity (Wildman–Crippen MR) is 114 cm³/mol. The van der Waals surface area contributed by atoms with Crippen molar-refractivity contribution in [1.29, 1.82) is 0 Å². The number of pyridine rings is 1. The minimum atomic E-state index is -0.295. The number of para-hydroxylation sites is 1. The highest BCUT2D eigenvalue weighted by Crippen LogP contribution is 2.39. The van der Waals surface area contributed by atoms with Crippen LogP contribution in [0.5, 0.6) is 5.75 Å². The van der Waals surface area contributed by atoms with Crippen LogP contribution in [-0.4, -0.2) is 35.3 Å². The van der Waals surface area contributed by atoms with Crippen LogP contribution in [0.2, 0.25) is 0 Å². The first-order valence-corrected chi connectivity index (χ1v) is 9.04. The average Bonchev–Trinajstić information content (AvgIpc) is 2.70. The molecule has 3 rings (SSSR count). The highest BCUT2D eigenvalue weighted by Gasteiger charge is 2.25. The number of methoxy groups -OCH3 is 1. The zero-order valence-corrected chi connectivity index (χ0v) is 16.7. The molecule has 0 fully saturated rings. The molecule has 28 heavy (non-hydrogen) atoms.